The van der Waals surface area contributed by atoms with E-state index in [1.807, 2.05) is 35.0 Å². The molecular formula is C11H7NOS2. The summed E-state index contributed by atoms with van der Waals surface area (Å²) < 4.78 is 0. The van der Waals surface area contributed by atoms with Gasteiger partial charge in [-0.1, -0.05) is 23.9 Å². The van der Waals surface area contributed by atoms with Crippen LogP contribution in [0.1, 0.15) is 10.4 Å². The third kappa shape index (κ3) is 1.46. The summed E-state index contributed by atoms with van der Waals surface area (Å²) in [5, 5.41) is 6.82. The summed E-state index contributed by atoms with van der Waals surface area (Å²) >= 11 is 3.20. The van der Waals surface area contributed by atoms with Crippen LogP contribution in [0.25, 0.3) is 0 Å². The van der Waals surface area contributed by atoms with Gasteiger partial charge in [0, 0.05) is 20.6 Å². The van der Waals surface area contributed by atoms with Crippen LogP contribution in [-0.4, -0.2) is 5.91 Å². The van der Waals surface area contributed by atoms with Crippen molar-refractivity contribution in [1.82, 2.24) is 0 Å². The molecule has 1 aliphatic heterocycles. The number of para-hydroxylation sites is 1. The molecule has 1 aromatic carbocycles. The molecule has 1 aliphatic rings. The van der Waals surface area contributed by atoms with Crippen molar-refractivity contribution in [3.05, 3.63) is 40.6 Å². The highest BCUT2D eigenvalue weighted by molar-refractivity contribution is 7.99. The Labute approximate surface area is 95.3 Å². The average molecular weight is 233 g/mol. The zero-order chi connectivity index (χ0) is 10.3. The van der Waals surface area contributed by atoms with Crippen molar-refractivity contribution in [2.24, 2.45) is 0 Å². The molecular weight excluding hydrogens is 226 g/mol. The molecule has 74 valence electrons. The van der Waals surface area contributed by atoms with Crippen molar-refractivity contribution < 1.29 is 4.79 Å². The van der Waals surface area contributed by atoms with Crippen LogP contribution < -0.4 is 5.32 Å². The molecule has 0 radical (unpaired) electrons. The van der Waals surface area contributed by atoms with Gasteiger partial charge in [0.05, 0.1) is 11.3 Å². The molecule has 1 amide bonds. The highest BCUT2D eigenvalue weighted by Crippen LogP contribution is 2.39. The lowest BCUT2D eigenvalue weighted by Gasteiger charge is -2.03. The summed E-state index contributed by atoms with van der Waals surface area (Å²) in [6.45, 7) is 0. The monoisotopic (exact) mass is 233 g/mol. The van der Waals surface area contributed by atoms with E-state index in [0.29, 0.717) is 0 Å². The molecule has 0 spiro atoms. The first-order valence-corrected chi connectivity index (χ1v) is 6.25. The van der Waals surface area contributed by atoms with E-state index in [1.54, 1.807) is 23.1 Å². The number of rotatable bonds is 0. The second-order valence-corrected chi connectivity index (χ2v) is 5.03. The van der Waals surface area contributed by atoms with E-state index < -0.39 is 0 Å². The zero-order valence-corrected chi connectivity index (χ0v) is 9.32. The van der Waals surface area contributed by atoms with Crippen molar-refractivity contribution in [2.75, 3.05) is 5.32 Å². The maximum atomic E-state index is 11.8. The SMILES string of the molecule is O=C1Nc2ccccc2Sc2cscc21. The fourth-order valence-electron chi connectivity index (χ4n) is 1.50. The van der Waals surface area contributed by atoms with Crippen molar-refractivity contribution in [2.45, 2.75) is 9.79 Å². The number of amides is 1. The number of fused-ring (bicyclic) bond motifs is 2. The number of hydrogen-bond donors (Lipinski definition) is 1. The predicted octanol–water partition coefficient (Wildman–Crippen LogP) is 3.47. The largest absolute Gasteiger partial charge is 0.321 e. The number of hydrogen-bond acceptors (Lipinski definition) is 3. The Kier molecular flexibility index (Phi) is 2.04. The van der Waals surface area contributed by atoms with Gasteiger partial charge in [-0.05, 0) is 12.1 Å². The molecule has 0 bridgehead atoms. The van der Waals surface area contributed by atoms with Crippen LogP contribution >= 0.6 is 23.1 Å². The van der Waals surface area contributed by atoms with Crippen molar-refractivity contribution >= 4 is 34.7 Å². The third-order valence-electron chi connectivity index (χ3n) is 2.23. The van der Waals surface area contributed by atoms with Gasteiger partial charge in [-0.25, -0.2) is 0 Å². The number of carbonyl (C=O) groups excluding carboxylic acids is 1. The first kappa shape index (κ1) is 9.00. The quantitative estimate of drug-likeness (QED) is 0.755. The van der Waals surface area contributed by atoms with Gasteiger partial charge in [0.1, 0.15) is 0 Å². The van der Waals surface area contributed by atoms with Crippen molar-refractivity contribution in [3.63, 3.8) is 0 Å². The highest BCUT2D eigenvalue weighted by Gasteiger charge is 2.19. The maximum Gasteiger partial charge on any atom is 0.257 e. The predicted molar refractivity (Wildman–Crippen MR) is 62.8 cm³/mol. The van der Waals surface area contributed by atoms with Gasteiger partial charge < -0.3 is 5.32 Å². The molecule has 2 heterocycles. The Bertz CT molecular complexity index is 533. The van der Waals surface area contributed by atoms with Gasteiger partial charge in [0.2, 0.25) is 0 Å². The van der Waals surface area contributed by atoms with Crippen LogP contribution in [-0.2, 0) is 0 Å². The Hall–Kier alpha value is -1.26. The number of thiophene rings is 1. The fourth-order valence-corrected chi connectivity index (χ4v) is 3.49. The molecule has 2 aromatic rings. The molecule has 0 fully saturated rings. The summed E-state index contributed by atoms with van der Waals surface area (Å²) in [4.78, 5) is 14.0. The second kappa shape index (κ2) is 3.40. The molecule has 15 heavy (non-hydrogen) atoms. The summed E-state index contributed by atoms with van der Waals surface area (Å²) in [5.41, 5.74) is 1.68. The molecule has 0 unspecified atom stereocenters. The molecule has 2 nitrogen and oxygen atoms in total. The van der Waals surface area contributed by atoms with Crippen LogP contribution in [0.15, 0.2) is 44.8 Å². The molecule has 3 rings (SSSR count). The van der Waals surface area contributed by atoms with E-state index in [-0.39, 0.29) is 5.91 Å². The van der Waals surface area contributed by atoms with Crippen LogP contribution in [0.3, 0.4) is 0 Å². The fraction of sp³-hybridized carbons (Fsp3) is 0. The Morgan fingerprint density at radius 3 is 2.87 bits per heavy atom. The Morgan fingerprint density at radius 1 is 1.07 bits per heavy atom. The number of carbonyl (C=O) groups is 1. The van der Waals surface area contributed by atoms with Crippen molar-refractivity contribution in [1.29, 1.82) is 0 Å². The molecule has 1 aromatic heterocycles. The first-order valence-electron chi connectivity index (χ1n) is 4.49. The molecule has 0 saturated heterocycles. The summed E-state index contributed by atoms with van der Waals surface area (Å²) in [6.07, 6.45) is 0. The minimum Gasteiger partial charge on any atom is -0.321 e. The number of anilines is 1. The maximum absolute atomic E-state index is 11.8. The topological polar surface area (TPSA) is 29.1 Å². The lowest BCUT2D eigenvalue weighted by molar-refractivity contribution is 0.102. The number of benzene rings is 1. The lowest BCUT2D eigenvalue weighted by Crippen LogP contribution is -2.10. The van der Waals surface area contributed by atoms with Crippen molar-refractivity contribution in [3.8, 4) is 0 Å². The van der Waals surface area contributed by atoms with Gasteiger partial charge in [-0.15, -0.1) is 0 Å². The standard InChI is InChI=1S/C11H7NOS2/c13-11-7-5-14-6-10(7)15-9-4-2-1-3-8(9)12-11/h1-6H,(H,12,13). The molecule has 1 N–H and O–H groups in total. The van der Waals surface area contributed by atoms with Gasteiger partial charge in [-0.2, -0.15) is 11.3 Å². The lowest BCUT2D eigenvalue weighted by atomic mass is 10.3. The number of nitrogens with one attached hydrogen (secondary N) is 1. The van der Waals surface area contributed by atoms with E-state index in [2.05, 4.69) is 5.32 Å². The Balaban J connectivity index is 2.18. The van der Waals surface area contributed by atoms with Gasteiger partial charge in [0.15, 0.2) is 0 Å². The Morgan fingerprint density at radius 2 is 1.93 bits per heavy atom. The van der Waals surface area contributed by atoms with Gasteiger partial charge >= 0.3 is 0 Å². The smallest absolute Gasteiger partial charge is 0.257 e. The van der Waals surface area contributed by atoms with E-state index >= 15 is 0 Å². The molecule has 0 aliphatic carbocycles. The second-order valence-electron chi connectivity index (χ2n) is 3.20. The van der Waals surface area contributed by atoms with Crippen LogP contribution in [0.4, 0.5) is 5.69 Å². The molecule has 0 saturated carbocycles. The van der Waals surface area contributed by atoms with Gasteiger partial charge in [0.25, 0.3) is 5.91 Å². The van der Waals surface area contributed by atoms with Crippen LogP contribution in [0.5, 0.6) is 0 Å². The minimum absolute atomic E-state index is 0.0105. The normalized spacial score (nSPS) is 13.7. The van der Waals surface area contributed by atoms with E-state index in [4.69, 9.17) is 0 Å². The molecule has 0 atom stereocenters. The third-order valence-corrected chi connectivity index (χ3v) is 4.25. The average Bonchev–Trinajstić information content (AvgIpc) is 2.64. The molecule has 4 heteroatoms. The van der Waals surface area contributed by atoms with E-state index in [9.17, 15) is 4.79 Å². The highest BCUT2D eigenvalue weighted by atomic mass is 32.2. The summed E-state index contributed by atoms with van der Waals surface area (Å²) in [6, 6.07) is 7.86. The van der Waals surface area contributed by atoms with Crippen LogP contribution in [0, 0.1) is 0 Å². The zero-order valence-electron chi connectivity index (χ0n) is 7.69. The summed E-state index contributed by atoms with van der Waals surface area (Å²) in [7, 11) is 0. The first-order chi connectivity index (χ1) is 7.34. The summed E-state index contributed by atoms with van der Waals surface area (Å²) in [5.74, 6) is -0.0105. The van der Waals surface area contributed by atoms with E-state index in [0.717, 1.165) is 21.0 Å². The van der Waals surface area contributed by atoms with E-state index in [1.165, 1.54) is 0 Å². The van der Waals surface area contributed by atoms with Crippen LogP contribution in [0.2, 0.25) is 0 Å². The minimum atomic E-state index is -0.0105. The van der Waals surface area contributed by atoms with Gasteiger partial charge in [-0.3, -0.25) is 4.79 Å².